The van der Waals surface area contributed by atoms with Gasteiger partial charge in [0.2, 0.25) is 5.22 Å². The van der Waals surface area contributed by atoms with Crippen molar-refractivity contribution in [2.24, 2.45) is 0 Å². The zero-order chi connectivity index (χ0) is 10.6. The number of rotatable bonds is 3. The van der Waals surface area contributed by atoms with Crippen LogP contribution in [0, 0.1) is 11.3 Å². The van der Waals surface area contributed by atoms with Crippen molar-refractivity contribution >= 4 is 17.5 Å². The largest absolute Gasteiger partial charge is 0.452 e. The van der Waals surface area contributed by atoms with Gasteiger partial charge >= 0.3 is 0 Å². The Kier molecular flexibility index (Phi) is 3.55. The number of carbonyl (C=O) groups excluding carboxylic acids is 1. The van der Waals surface area contributed by atoms with Crippen LogP contribution in [0.2, 0.25) is 5.22 Å². The molecule has 0 aliphatic rings. The molecule has 0 saturated heterocycles. The van der Waals surface area contributed by atoms with Gasteiger partial charge in [0.15, 0.2) is 0 Å². The van der Waals surface area contributed by atoms with Gasteiger partial charge in [-0.15, -0.1) is 0 Å². The summed E-state index contributed by atoms with van der Waals surface area (Å²) in [4.78, 5) is 11.4. The van der Waals surface area contributed by atoms with Crippen LogP contribution in [0.3, 0.4) is 0 Å². The number of halogens is 1. The van der Waals surface area contributed by atoms with Crippen molar-refractivity contribution in [1.82, 2.24) is 5.32 Å². The third-order valence-corrected chi connectivity index (χ3v) is 1.93. The standard InChI is InChI=1S/C9H9ClN2O2/c1-6(2-4-11)12-9(13)7-3-5-14-8(7)10/h3,5-6H,2H2,1H3,(H,12,13). The van der Waals surface area contributed by atoms with Crippen molar-refractivity contribution in [2.45, 2.75) is 19.4 Å². The highest BCUT2D eigenvalue weighted by Crippen LogP contribution is 2.16. The molecule has 0 aliphatic carbocycles. The molecule has 0 aliphatic heterocycles. The van der Waals surface area contributed by atoms with E-state index in [0.717, 1.165) is 0 Å². The van der Waals surface area contributed by atoms with E-state index < -0.39 is 0 Å². The SMILES string of the molecule is CC(CC#N)NC(=O)c1ccoc1Cl. The van der Waals surface area contributed by atoms with Crippen molar-refractivity contribution < 1.29 is 9.21 Å². The monoisotopic (exact) mass is 212 g/mol. The lowest BCUT2D eigenvalue weighted by atomic mass is 10.2. The maximum Gasteiger partial charge on any atom is 0.256 e. The van der Waals surface area contributed by atoms with Crippen LogP contribution in [0.1, 0.15) is 23.7 Å². The molecule has 1 heterocycles. The molecule has 0 bridgehead atoms. The smallest absolute Gasteiger partial charge is 0.256 e. The Hall–Kier alpha value is -1.47. The van der Waals surface area contributed by atoms with Crippen molar-refractivity contribution in [3.8, 4) is 6.07 Å². The molecule has 1 N–H and O–H groups in total. The van der Waals surface area contributed by atoms with Gasteiger partial charge in [-0.05, 0) is 24.6 Å². The van der Waals surface area contributed by atoms with E-state index in [2.05, 4.69) is 5.32 Å². The fourth-order valence-corrected chi connectivity index (χ4v) is 1.15. The number of nitriles is 1. The number of furan rings is 1. The summed E-state index contributed by atoms with van der Waals surface area (Å²) in [5.41, 5.74) is 0.288. The maximum absolute atomic E-state index is 11.4. The number of hydrogen-bond acceptors (Lipinski definition) is 3. The minimum absolute atomic E-state index is 0.0617. The second kappa shape index (κ2) is 4.68. The number of nitrogens with one attached hydrogen (secondary N) is 1. The van der Waals surface area contributed by atoms with Crippen molar-refractivity contribution in [1.29, 1.82) is 5.26 Å². The molecule has 1 aromatic rings. The third kappa shape index (κ3) is 2.51. The van der Waals surface area contributed by atoms with Crippen LogP contribution < -0.4 is 5.32 Å². The second-order valence-corrected chi connectivity index (χ2v) is 3.19. The lowest BCUT2D eigenvalue weighted by Gasteiger charge is -2.08. The highest BCUT2D eigenvalue weighted by Gasteiger charge is 2.14. The molecule has 74 valence electrons. The van der Waals surface area contributed by atoms with E-state index >= 15 is 0 Å². The van der Waals surface area contributed by atoms with Crippen molar-refractivity contribution in [3.05, 3.63) is 23.1 Å². The van der Waals surface area contributed by atoms with E-state index in [9.17, 15) is 4.79 Å². The first-order valence-corrected chi connectivity index (χ1v) is 4.43. The summed E-state index contributed by atoms with van der Waals surface area (Å²) in [5.74, 6) is -0.327. The van der Waals surface area contributed by atoms with Gasteiger partial charge in [0, 0.05) is 6.04 Å². The minimum Gasteiger partial charge on any atom is -0.452 e. The first kappa shape index (κ1) is 10.6. The molecule has 14 heavy (non-hydrogen) atoms. The van der Waals surface area contributed by atoms with E-state index in [0.29, 0.717) is 0 Å². The first-order chi connectivity index (χ1) is 6.65. The molecule has 1 atom stereocenters. The fraction of sp³-hybridized carbons (Fsp3) is 0.333. The highest BCUT2D eigenvalue weighted by atomic mass is 35.5. The first-order valence-electron chi connectivity index (χ1n) is 4.06. The molecule has 0 saturated carbocycles. The van der Waals surface area contributed by atoms with Crippen LogP contribution in [-0.2, 0) is 0 Å². The molecule has 1 rings (SSSR count). The Morgan fingerprint density at radius 3 is 3.07 bits per heavy atom. The van der Waals surface area contributed by atoms with E-state index in [1.54, 1.807) is 6.92 Å². The highest BCUT2D eigenvalue weighted by molar-refractivity contribution is 6.32. The summed E-state index contributed by atoms with van der Waals surface area (Å²) in [6, 6.07) is 3.25. The predicted octanol–water partition coefficient (Wildman–Crippen LogP) is 1.96. The molecular weight excluding hydrogens is 204 g/mol. The Balaban J connectivity index is 2.60. The summed E-state index contributed by atoms with van der Waals surface area (Å²) in [6.45, 7) is 1.75. The summed E-state index contributed by atoms with van der Waals surface area (Å²) in [5, 5.41) is 11.1. The average Bonchev–Trinajstić information content (AvgIpc) is 2.51. The van der Waals surface area contributed by atoms with Gasteiger partial charge in [0.1, 0.15) is 0 Å². The van der Waals surface area contributed by atoms with Crippen LogP contribution in [0.4, 0.5) is 0 Å². The van der Waals surface area contributed by atoms with E-state index in [1.165, 1.54) is 12.3 Å². The molecule has 1 aromatic heterocycles. The van der Waals surface area contributed by atoms with E-state index in [1.807, 2.05) is 6.07 Å². The molecular formula is C9H9ClN2O2. The molecule has 0 aromatic carbocycles. The Morgan fingerprint density at radius 1 is 1.86 bits per heavy atom. The molecule has 1 amide bonds. The zero-order valence-electron chi connectivity index (χ0n) is 7.58. The van der Waals surface area contributed by atoms with Crippen LogP contribution in [-0.4, -0.2) is 11.9 Å². The van der Waals surface area contributed by atoms with Crippen LogP contribution in [0.25, 0.3) is 0 Å². The zero-order valence-corrected chi connectivity index (χ0v) is 8.34. The molecule has 0 fully saturated rings. The molecule has 0 spiro atoms. The van der Waals surface area contributed by atoms with Crippen LogP contribution in [0.5, 0.6) is 0 Å². The van der Waals surface area contributed by atoms with Gasteiger partial charge in [0.25, 0.3) is 5.91 Å². The number of carbonyl (C=O) groups is 1. The molecule has 0 radical (unpaired) electrons. The van der Waals surface area contributed by atoms with E-state index in [-0.39, 0.29) is 29.2 Å². The summed E-state index contributed by atoms with van der Waals surface area (Å²) in [6.07, 6.45) is 1.60. The van der Waals surface area contributed by atoms with Gasteiger partial charge in [-0.2, -0.15) is 5.26 Å². The fourth-order valence-electron chi connectivity index (χ4n) is 0.945. The third-order valence-electron chi connectivity index (χ3n) is 1.64. The molecule has 4 nitrogen and oxygen atoms in total. The number of nitrogens with zero attached hydrogens (tertiary/aromatic N) is 1. The van der Waals surface area contributed by atoms with Gasteiger partial charge < -0.3 is 9.73 Å². The summed E-state index contributed by atoms with van der Waals surface area (Å²) >= 11 is 5.60. The van der Waals surface area contributed by atoms with Crippen molar-refractivity contribution in [2.75, 3.05) is 0 Å². The predicted molar refractivity (Wildman–Crippen MR) is 50.9 cm³/mol. The average molecular weight is 213 g/mol. The Bertz CT molecular complexity index is 367. The minimum atomic E-state index is -0.327. The Labute approximate surface area is 86.5 Å². The van der Waals surface area contributed by atoms with Crippen LogP contribution in [0.15, 0.2) is 16.7 Å². The number of amides is 1. The summed E-state index contributed by atoms with van der Waals surface area (Å²) < 4.78 is 4.77. The lowest BCUT2D eigenvalue weighted by molar-refractivity contribution is 0.0940. The Morgan fingerprint density at radius 2 is 2.57 bits per heavy atom. The van der Waals surface area contributed by atoms with Gasteiger partial charge in [-0.25, -0.2) is 0 Å². The summed E-state index contributed by atoms with van der Waals surface area (Å²) in [7, 11) is 0. The second-order valence-electron chi connectivity index (χ2n) is 2.84. The molecule has 1 unspecified atom stereocenters. The number of hydrogen-bond donors (Lipinski definition) is 1. The normalized spacial score (nSPS) is 11.8. The topological polar surface area (TPSA) is 66.0 Å². The van der Waals surface area contributed by atoms with Gasteiger partial charge in [-0.3, -0.25) is 4.79 Å². The maximum atomic E-state index is 11.4. The van der Waals surface area contributed by atoms with E-state index in [4.69, 9.17) is 21.3 Å². The quantitative estimate of drug-likeness (QED) is 0.833. The molecule has 5 heteroatoms. The van der Waals surface area contributed by atoms with Crippen molar-refractivity contribution in [3.63, 3.8) is 0 Å². The van der Waals surface area contributed by atoms with Crippen LogP contribution >= 0.6 is 11.6 Å². The van der Waals surface area contributed by atoms with Gasteiger partial charge in [0.05, 0.1) is 24.3 Å². The lowest BCUT2D eigenvalue weighted by Crippen LogP contribution is -2.32. The van der Waals surface area contributed by atoms with Gasteiger partial charge in [-0.1, -0.05) is 0 Å².